The lowest BCUT2D eigenvalue weighted by Gasteiger charge is -2.08. The van der Waals surface area contributed by atoms with E-state index in [9.17, 15) is 14.7 Å². The van der Waals surface area contributed by atoms with E-state index in [2.05, 4.69) is 16.8 Å². The first kappa shape index (κ1) is 17.8. The summed E-state index contributed by atoms with van der Waals surface area (Å²) in [4.78, 5) is 27.8. The van der Waals surface area contributed by atoms with Crippen LogP contribution in [0.2, 0.25) is 0 Å². The van der Waals surface area contributed by atoms with Crippen LogP contribution < -0.4 is 5.56 Å². The van der Waals surface area contributed by atoms with Crippen molar-refractivity contribution < 1.29 is 14.6 Å². The second kappa shape index (κ2) is 6.54. The Balaban J connectivity index is 2.88. The van der Waals surface area contributed by atoms with Gasteiger partial charge < -0.3 is 19.4 Å². The van der Waals surface area contributed by atoms with E-state index >= 15 is 0 Å². The van der Waals surface area contributed by atoms with Crippen molar-refractivity contribution in [3.63, 3.8) is 0 Å². The van der Waals surface area contributed by atoms with Crippen LogP contribution >= 0.6 is 0 Å². The Morgan fingerprint density at radius 1 is 1.42 bits per heavy atom. The number of aliphatic hydroxyl groups is 1. The molecule has 0 unspecified atom stereocenters. The molecule has 2 aromatic rings. The zero-order valence-corrected chi connectivity index (χ0v) is 14.6. The number of carbonyl (C=O) groups excluding carboxylic acids is 1. The number of ether oxygens (including phenoxy) is 1. The molecule has 24 heavy (non-hydrogen) atoms. The summed E-state index contributed by atoms with van der Waals surface area (Å²) in [5.74, 6) is 5.13. The molecule has 0 fully saturated rings. The summed E-state index contributed by atoms with van der Waals surface area (Å²) in [5.41, 5.74) is 0.281. The van der Waals surface area contributed by atoms with E-state index in [1.165, 1.54) is 4.57 Å². The van der Waals surface area contributed by atoms with E-state index in [4.69, 9.17) is 4.74 Å². The van der Waals surface area contributed by atoms with Gasteiger partial charge in [0.2, 0.25) is 0 Å². The summed E-state index contributed by atoms with van der Waals surface area (Å²) < 4.78 is 6.62. The van der Waals surface area contributed by atoms with Crippen LogP contribution in [0.15, 0.2) is 11.0 Å². The number of H-pyrrole nitrogens is 1. The highest BCUT2D eigenvalue weighted by atomic mass is 16.5. The summed E-state index contributed by atoms with van der Waals surface area (Å²) in [5, 5.41) is 10.3. The van der Waals surface area contributed by atoms with Crippen LogP contribution in [0.3, 0.4) is 0 Å². The van der Waals surface area contributed by atoms with Crippen LogP contribution in [0, 0.1) is 18.8 Å². The molecule has 2 aromatic heterocycles. The number of fused-ring (bicyclic) bond motifs is 1. The van der Waals surface area contributed by atoms with Gasteiger partial charge in [-0.3, -0.25) is 4.79 Å². The first-order chi connectivity index (χ1) is 11.2. The normalized spacial score (nSPS) is 11.2. The van der Waals surface area contributed by atoms with Crippen LogP contribution in [-0.4, -0.2) is 32.8 Å². The summed E-state index contributed by atoms with van der Waals surface area (Å²) in [6.07, 6.45) is 1.61. The average molecular weight is 330 g/mol. The molecule has 0 aromatic carbocycles. The van der Waals surface area contributed by atoms with Gasteiger partial charge in [0.25, 0.3) is 5.56 Å². The molecule has 0 amide bonds. The molecule has 0 aliphatic rings. The van der Waals surface area contributed by atoms with Crippen molar-refractivity contribution in [1.29, 1.82) is 0 Å². The molecule has 0 saturated carbocycles. The van der Waals surface area contributed by atoms with Crippen molar-refractivity contribution in [2.45, 2.75) is 46.8 Å². The molecule has 2 heterocycles. The number of nitrogens with one attached hydrogen (secondary N) is 1. The van der Waals surface area contributed by atoms with Crippen LogP contribution in [0.4, 0.5) is 0 Å². The Morgan fingerprint density at radius 3 is 2.62 bits per heavy atom. The van der Waals surface area contributed by atoms with Gasteiger partial charge in [0.1, 0.15) is 11.1 Å². The van der Waals surface area contributed by atoms with Gasteiger partial charge in [-0.1, -0.05) is 11.8 Å². The zero-order chi connectivity index (χ0) is 18.1. The third kappa shape index (κ3) is 3.36. The standard InChI is InChI=1S/C18H22N2O4/c1-6-20-10-12(8-9-18(4,5)23)14-13(17(22)24-7-2)11(3)19-15(14)16(20)21/h10,19,23H,6-7H2,1-5H3. The second-order valence-corrected chi connectivity index (χ2v) is 6.04. The number of aryl methyl sites for hydroxylation is 2. The van der Waals surface area contributed by atoms with E-state index in [0.717, 1.165) is 0 Å². The molecule has 0 atom stereocenters. The van der Waals surface area contributed by atoms with Gasteiger partial charge in [-0.05, 0) is 34.6 Å². The lowest BCUT2D eigenvalue weighted by molar-refractivity contribution is 0.0528. The number of rotatable bonds is 3. The van der Waals surface area contributed by atoms with Gasteiger partial charge in [-0.2, -0.15) is 0 Å². The minimum absolute atomic E-state index is 0.222. The molecule has 0 saturated heterocycles. The van der Waals surface area contributed by atoms with Crippen molar-refractivity contribution >= 4 is 16.9 Å². The summed E-state index contributed by atoms with van der Waals surface area (Å²) in [7, 11) is 0. The van der Waals surface area contributed by atoms with Crippen molar-refractivity contribution in [3.05, 3.63) is 33.4 Å². The molecule has 0 radical (unpaired) electrons. The topological polar surface area (TPSA) is 84.3 Å². The Hall–Kier alpha value is -2.52. The smallest absolute Gasteiger partial charge is 0.340 e. The summed E-state index contributed by atoms with van der Waals surface area (Å²) in [6.45, 7) is 9.14. The van der Waals surface area contributed by atoms with Crippen molar-refractivity contribution in [3.8, 4) is 11.8 Å². The van der Waals surface area contributed by atoms with Crippen LogP contribution in [0.5, 0.6) is 0 Å². The van der Waals surface area contributed by atoms with Crippen LogP contribution in [-0.2, 0) is 11.3 Å². The Bertz CT molecular complexity index is 901. The number of hydrogen-bond acceptors (Lipinski definition) is 4. The maximum Gasteiger partial charge on any atom is 0.340 e. The van der Waals surface area contributed by atoms with Crippen LogP contribution in [0.1, 0.15) is 49.3 Å². The van der Waals surface area contributed by atoms with Gasteiger partial charge in [-0.25, -0.2) is 4.79 Å². The zero-order valence-electron chi connectivity index (χ0n) is 14.6. The van der Waals surface area contributed by atoms with Gasteiger partial charge in [0.05, 0.1) is 17.7 Å². The Kier molecular flexibility index (Phi) is 4.86. The number of aromatic amines is 1. The predicted octanol–water partition coefficient (Wildman–Crippen LogP) is 1.96. The number of pyridine rings is 1. The number of esters is 1. The lowest BCUT2D eigenvalue weighted by Crippen LogP contribution is -2.20. The van der Waals surface area contributed by atoms with Gasteiger partial charge in [0, 0.05) is 23.8 Å². The highest BCUT2D eigenvalue weighted by Gasteiger charge is 2.22. The lowest BCUT2D eigenvalue weighted by atomic mass is 10.1. The first-order valence-electron chi connectivity index (χ1n) is 7.88. The molecule has 128 valence electrons. The molecule has 0 aliphatic carbocycles. The summed E-state index contributed by atoms with van der Waals surface area (Å²) >= 11 is 0. The third-order valence-electron chi connectivity index (χ3n) is 3.54. The quantitative estimate of drug-likeness (QED) is 0.665. The molecule has 6 heteroatoms. The predicted molar refractivity (Wildman–Crippen MR) is 92.1 cm³/mol. The first-order valence-corrected chi connectivity index (χ1v) is 7.88. The number of nitrogens with zero attached hydrogens (tertiary/aromatic N) is 1. The Labute approximate surface area is 140 Å². The number of aromatic nitrogens is 2. The third-order valence-corrected chi connectivity index (χ3v) is 3.54. The van der Waals surface area contributed by atoms with Crippen molar-refractivity contribution in [2.24, 2.45) is 0 Å². The molecule has 2 N–H and O–H groups in total. The Morgan fingerprint density at radius 2 is 2.08 bits per heavy atom. The largest absolute Gasteiger partial charge is 0.462 e. The van der Waals surface area contributed by atoms with E-state index in [0.29, 0.717) is 34.3 Å². The van der Waals surface area contributed by atoms with Crippen molar-refractivity contribution in [1.82, 2.24) is 9.55 Å². The fraction of sp³-hybridized carbons (Fsp3) is 0.444. The molecule has 6 nitrogen and oxygen atoms in total. The monoisotopic (exact) mass is 330 g/mol. The van der Waals surface area contributed by atoms with E-state index in [1.807, 2.05) is 6.92 Å². The molecule has 2 rings (SSSR count). The highest BCUT2D eigenvalue weighted by Crippen LogP contribution is 2.24. The number of carbonyl (C=O) groups is 1. The fourth-order valence-electron chi connectivity index (χ4n) is 2.49. The van der Waals surface area contributed by atoms with Crippen molar-refractivity contribution in [2.75, 3.05) is 6.61 Å². The second-order valence-electron chi connectivity index (χ2n) is 6.04. The maximum absolute atomic E-state index is 12.5. The molecule has 0 spiro atoms. The van der Waals surface area contributed by atoms with E-state index in [1.54, 1.807) is 33.9 Å². The van der Waals surface area contributed by atoms with E-state index < -0.39 is 11.6 Å². The van der Waals surface area contributed by atoms with Crippen LogP contribution in [0.25, 0.3) is 10.9 Å². The van der Waals surface area contributed by atoms with Gasteiger partial charge in [0.15, 0.2) is 0 Å². The van der Waals surface area contributed by atoms with Gasteiger partial charge >= 0.3 is 5.97 Å². The minimum Gasteiger partial charge on any atom is -0.462 e. The molecule has 0 bridgehead atoms. The maximum atomic E-state index is 12.5. The SMILES string of the molecule is CCOC(=O)c1c(C)[nH]c2c(=O)n(CC)cc(C#CC(C)(C)O)c12. The number of hydrogen-bond donors (Lipinski definition) is 2. The minimum atomic E-state index is -1.19. The molecular weight excluding hydrogens is 308 g/mol. The highest BCUT2D eigenvalue weighted by molar-refractivity contribution is 6.07. The van der Waals surface area contributed by atoms with Gasteiger partial charge in [-0.15, -0.1) is 0 Å². The fourth-order valence-corrected chi connectivity index (χ4v) is 2.49. The van der Waals surface area contributed by atoms with E-state index in [-0.39, 0.29) is 12.2 Å². The molecular formula is C18H22N2O4. The average Bonchev–Trinajstić information content (AvgIpc) is 2.84. The molecule has 0 aliphatic heterocycles. The summed E-state index contributed by atoms with van der Waals surface area (Å²) in [6, 6.07) is 0.